The first-order valence-corrected chi connectivity index (χ1v) is 3.99. The minimum atomic E-state index is -1.60. The zero-order chi connectivity index (χ0) is 9.97. The summed E-state index contributed by atoms with van der Waals surface area (Å²) < 4.78 is 5.13. The molecule has 0 aliphatic carbocycles. The first-order chi connectivity index (χ1) is 6.77. The van der Waals surface area contributed by atoms with Gasteiger partial charge < -0.3 is 14.5 Å². The molecule has 0 aromatic carbocycles. The van der Waals surface area contributed by atoms with Crippen LogP contribution in [-0.4, -0.2) is 27.1 Å². The molecule has 2 N–H and O–H groups in total. The molecule has 5 nitrogen and oxygen atoms in total. The van der Waals surface area contributed by atoms with Crippen LogP contribution in [0.5, 0.6) is 0 Å². The molecule has 0 saturated heterocycles. The van der Waals surface area contributed by atoms with Gasteiger partial charge in [0, 0.05) is 12.4 Å². The quantitative estimate of drug-likeness (QED) is 0.619. The second-order valence-corrected chi connectivity index (χ2v) is 2.67. The Morgan fingerprint density at radius 1 is 1.21 bits per heavy atom. The van der Waals surface area contributed by atoms with Crippen LogP contribution in [0.25, 0.3) is 11.5 Å². The third-order valence-electron chi connectivity index (χ3n) is 1.70. The Bertz CT molecular complexity index is 416. The van der Waals surface area contributed by atoms with E-state index in [1.807, 2.05) is 0 Å². The highest BCUT2D eigenvalue weighted by Gasteiger charge is 2.16. The van der Waals surface area contributed by atoms with E-state index in [1.165, 1.54) is 18.5 Å². The first-order valence-electron chi connectivity index (χ1n) is 3.99. The van der Waals surface area contributed by atoms with Crippen LogP contribution in [0.3, 0.4) is 0 Å². The van der Waals surface area contributed by atoms with Crippen LogP contribution in [0, 0.1) is 0 Å². The Hall–Kier alpha value is -1.66. The Morgan fingerprint density at radius 2 is 2.07 bits per heavy atom. The lowest BCUT2D eigenvalue weighted by molar-refractivity contribution is 0.410. The van der Waals surface area contributed by atoms with E-state index in [0.29, 0.717) is 11.5 Å². The standard InChI is InChI=1S/C8H7BN2O3/c12-9(13)8-2-1-7(14-8)6-5-10-3-4-11-6/h1-5,12-13H. The van der Waals surface area contributed by atoms with E-state index in [9.17, 15) is 0 Å². The lowest BCUT2D eigenvalue weighted by Gasteiger charge is -1.94. The summed E-state index contributed by atoms with van der Waals surface area (Å²) in [5.41, 5.74) is 0.644. The van der Waals surface area contributed by atoms with Crippen molar-refractivity contribution in [1.29, 1.82) is 0 Å². The highest BCUT2D eigenvalue weighted by atomic mass is 16.4. The highest BCUT2D eigenvalue weighted by molar-refractivity contribution is 6.57. The van der Waals surface area contributed by atoms with Crippen LogP contribution in [0.15, 0.2) is 35.1 Å². The predicted molar refractivity (Wildman–Crippen MR) is 49.6 cm³/mol. The highest BCUT2D eigenvalue weighted by Crippen LogP contribution is 2.13. The lowest BCUT2D eigenvalue weighted by Crippen LogP contribution is -2.27. The molecular weight excluding hydrogens is 183 g/mol. The van der Waals surface area contributed by atoms with Crippen molar-refractivity contribution in [3.63, 3.8) is 0 Å². The average Bonchev–Trinajstić information content (AvgIpc) is 2.68. The molecule has 70 valence electrons. The molecule has 2 aromatic heterocycles. The molecular formula is C8H7BN2O3. The molecule has 6 heteroatoms. The SMILES string of the molecule is OB(O)c1ccc(-c2cnccn2)o1. The molecule has 2 rings (SSSR count). The van der Waals surface area contributed by atoms with Gasteiger partial charge in [-0.25, -0.2) is 4.98 Å². The monoisotopic (exact) mass is 190 g/mol. The second-order valence-electron chi connectivity index (χ2n) is 2.67. The van der Waals surface area contributed by atoms with E-state index >= 15 is 0 Å². The summed E-state index contributed by atoms with van der Waals surface area (Å²) in [5.74, 6) is 0.459. The van der Waals surface area contributed by atoms with Gasteiger partial charge in [-0.1, -0.05) is 0 Å². The van der Waals surface area contributed by atoms with Gasteiger partial charge in [-0.2, -0.15) is 0 Å². The molecule has 0 fully saturated rings. The van der Waals surface area contributed by atoms with E-state index in [2.05, 4.69) is 9.97 Å². The van der Waals surface area contributed by atoms with Crippen molar-refractivity contribution in [3.8, 4) is 11.5 Å². The molecule has 2 heterocycles. The molecule has 0 aliphatic heterocycles. The number of furan rings is 1. The van der Waals surface area contributed by atoms with Crippen LogP contribution in [0.2, 0.25) is 0 Å². The maximum absolute atomic E-state index is 8.81. The van der Waals surface area contributed by atoms with Crippen LogP contribution in [0.1, 0.15) is 0 Å². The summed E-state index contributed by atoms with van der Waals surface area (Å²) >= 11 is 0. The summed E-state index contributed by atoms with van der Waals surface area (Å²) in [6.07, 6.45) is 4.62. The minimum absolute atomic E-state index is 0.0886. The van der Waals surface area contributed by atoms with E-state index in [4.69, 9.17) is 14.5 Å². The Labute approximate surface area is 80.2 Å². The Morgan fingerprint density at radius 3 is 2.64 bits per heavy atom. The number of nitrogens with zero attached hydrogens (tertiary/aromatic N) is 2. The second kappa shape index (κ2) is 3.61. The molecule has 0 atom stereocenters. The van der Waals surface area contributed by atoms with E-state index in [1.54, 1.807) is 12.3 Å². The fourth-order valence-electron chi connectivity index (χ4n) is 1.06. The number of hydrogen-bond acceptors (Lipinski definition) is 5. The maximum atomic E-state index is 8.81. The molecule has 2 aromatic rings. The maximum Gasteiger partial charge on any atom is 0.526 e. The zero-order valence-electron chi connectivity index (χ0n) is 7.16. The van der Waals surface area contributed by atoms with E-state index in [-0.39, 0.29) is 5.66 Å². The molecule has 0 amide bonds. The normalized spacial score (nSPS) is 10.1. The van der Waals surface area contributed by atoms with Gasteiger partial charge >= 0.3 is 7.12 Å². The largest absolute Gasteiger partial charge is 0.526 e. The van der Waals surface area contributed by atoms with Crippen LogP contribution in [-0.2, 0) is 0 Å². The average molecular weight is 190 g/mol. The summed E-state index contributed by atoms with van der Waals surface area (Å²) in [5, 5.41) is 17.6. The zero-order valence-corrected chi connectivity index (χ0v) is 7.16. The molecule has 0 bridgehead atoms. The van der Waals surface area contributed by atoms with E-state index < -0.39 is 7.12 Å². The van der Waals surface area contributed by atoms with Crippen molar-refractivity contribution < 1.29 is 14.5 Å². The molecule has 0 radical (unpaired) electrons. The third kappa shape index (κ3) is 1.66. The van der Waals surface area contributed by atoms with Gasteiger partial charge in [0.05, 0.1) is 6.20 Å². The van der Waals surface area contributed by atoms with Crippen molar-refractivity contribution in [2.24, 2.45) is 0 Å². The number of rotatable bonds is 2. The first kappa shape index (κ1) is 8.92. The van der Waals surface area contributed by atoms with Crippen molar-refractivity contribution in [2.75, 3.05) is 0 Å². The summed E-state index contributed by atoms with van der Waals surface area (Å²) in [6, 6.07) is 3.09. The minimum Gasteiger partial charge on any atom is -0.463 e. The molecule has 0 unspecified atom stereocenters. The van der Waals surface area contributed by atoms with Gasteiger partial charge in [0.15, 0.2) is 5.76 Å². The molecule has 0 spiro atoms. The van der Waals surface area contributed by atoms with E-state index in [0.717, 1.165) is 0 Å². The number of hydrogen-bond donors (Lipinski definition) is 2. The summed E-state index contributed by atoms with van der Waals surface area (Å²) in [7, 11) is -1.60. The molecule has 0 saturated carbocycles. The van der Waals surface area contributed by atoms with Crippen molar-refractivity contribution in [2.45, 2.75) is 0 Å². The molecule has 0 aliphatic rings. The summed E-state index contributed by atoms with van der Waals surface area (Å²) in [4.78, 5) is 7.87. The number of aromatic nitrogens is 2. The van der Waals surface area contributed by atoms with Crippen molar-refractivity contribution >= 4 is 12.8 Å². The van der Waals surface area contributed by atoms with Crippen LogP contribution < -0.4 is 5.66 Å². The van der Waals surface area contributed by atoms with Crippen LogP contribution >= 0.6 is 0 Å². The fourth-order valence-corrected chi connectivity index (χ4v) is 1.06. The Kier molecular flexibility index (Phi) is 2.30. The molecule has 14 heavy (non-hydrogen) atoms. The summed E-state index contributed by atoms with van der Waals surface area (Å²) in [6.45, 7) is 0. The van der Waals surface area contributed by atoms with Gasteiger partial charge in [0.1, 0.15) is 11.4 Å². The topological polar surface area (TPSA) is 79.4 Å². The van der Waals surface area contributed by atoms with Gasteiger partial charge in [0.25, 0.3) is 0 Å². The Balaban J connectivity index is 2.34. The third-order valence-corrected chi connectivity index (χ3v) is 1.70. The lowest BCUT2D eigenvalue weighted by atomic mass is 9.88. The predicted octanol–water partition coefficient (Wildman–Crippen LogP) is -0.584. The fraction of sp³-hybridized carbons (Fsp3) is 0. The van der Waals surface area contributed by atoms with Gasteiger partial charge in [-0.05, 0) is 12.1 Å². The van der Waals surface area contributed by atoms with Crippen molar-refractivity contribution in [3.05, 3.63) is 30.7 Å². The van der Waals surface area contributed by atoms with Gasteiger partial charge in [-0.15, -0.1) is 0 Å². The van der Waals surface area contributed by atoms with Gasteiger partial charge in [0.2, 0.25) is 0 Å². The van der Waals surface area contributed by atoms with Crippen molar-refractivity contribution in [1.82, 2.24) is 9.97 Å². The smallest absolute Gasteiger partial charge is 0.463 e. The van der Waals surface area contributed by atoms with Gasteiger partial charge in [-0.3, -0.25) is 4.98 Å². The van der Waals surface area contributed by atoms with Crippen LogP contribution in [0.4, 0.5) is 0 Å².